The zero-order valence-corrected chi connectivity index (χ0v) is 17.1. The molecule has 1 atom stereocenters. The maximum atomic E-state index is 13.0. The number of hydrogen-bond donors (Lipinski definition) is 1. The van der Waals surface area contributed by atoms with Gasteiger partial charge in [0.05, 0.1) is 10.8 Å². The van der Waals surface area contributed by atoms with Crippen LogP contribution in [0, 0.1) is 5.92 Å². The van der Waals surface area contributed by atoms with Crippen molar-refractivity contribution in [2.75, 3.05) is 24.8 Å². The smallest absolute Gasteiger partial charge is 0.233 e. The molecule has 27 heavy (non-hydrogen) atoms. The van der Waals surface area contributed by atoms with Gasteiger partial charge in [-0.25, -0.2) is 13.4 Å². The Kier molecular flexibility index (Phi) is 6.34. The highest BCUT2D eigenvalue weighted by Gasteiger charge is 2.27. The van der Waals surface area contributed by atoms with Gasteiger partial charge >= 0.3 is 0 Å². The molecule has 1 aromatic carbocycles. The van der Waals surface area contributed by atoms with Gasteiger partial charge < -0.3 is 10.1 Å². The molecule has 6 nitrogen and oxygen atoms in total. The van der Waals surface area contributed by atoms with Crippen molar-refractivity contribution >= 4 is 44.8 Å². The highest BCUT2D eigenvalue weighted by molar-refractivity contribution is 7.90. The van der Waals surface area contributed by atoms with E-state index in [1.165, 1.54) is 17.6 Å². The second-order valence-corrected chi connectivity index (χ2v) is 10.2. The van der Waals surface area contributed by atoms with Crippen LogP contribution in [0.4, 0.5) is 5.13 Å². The van der Waals surface area contributed by atoms with Crippen LogP contribution in [0.15, 0.2) is 35.4 Å². The maximum absolute atomic E-state index is 13.0. The number of ether oxygens (including phenoxy) is 1. The van der Waals surface area contributed by atoms with Crippen molar-refractivity contribution in [3.63, 3.8) is 0 Å². The molecule has 1 aliphatic heterocycles. The van der Waals surface area contributed by atoms with Crippen molar-refractivity contribution in [2.24, 2.45) is 5.92 Å². The molecular weight excluding hydrogens is 383 g/mol. The number of hydrogen-bond acceptors (Lipinski definition) is 6. The number of anilines is 1. The molecule has 1 N–H and O–H groups in total. The Bertz CT molecular complexity index is 890. The standard InChI is InChI=1S/C18H23BN2O4S2/c1-27(23,24)14-4-2-13(3-5-14)15(10-12-6-8-25-9-7-12)17(22)21-18-20-11-16(19)26-18/h2-5,11-12,15H,6-10,19H2,1H3,(H,20,21,22). The number of thiazole rings is 1. The van der Waals surface area contributed by atoms with E-state index in [4.69, 9.17) is 4.74 Å². The molecule has 1 saturated heterocycles. The van der Waals surface area contributed by atoms with Crippen LogP contribution in [0.1, 0.15) is 30.7 Å². The molecule has 0 saturated carbocycles. The van der Waals surface area contributed by atoms with Gasteiger partial charge in [-0.3, -0.25) is 4.79 Å². The van der Waals surface area contributed by atoms with Crippen LogP contribution in [0.5, 0.6) is 0 Å². The van der Waals surface area contributed by atoms with Gasteiger partial charge in [-0.1, -0.05) is 12.1 Å². The number of amides is 1. The van der Waals surface area contributed by atoms with E-state index in [0.29, 0.717) is 17.5 Å². The molecule has 1 amide bonds. The molecule has 1 fully saturated rings. The SMILES string of the molecule is Bc1cnc(NC(=O)C(CC2CCOCC2)c2ccc(S(C)(=O)=O)cc2)s1. The fourth-order valence-electron chi connectivity index (χ4n) is 3.26. The molecule has 1 aliphatic rings. The number of carbonyl (C=O) groups is 1. The van der Waals surface area contributed by atoms with Gasteiger partial charge in [-0.2, -0.15) is 0 Å². The predicted octanol–water partition coefficient (Wildman–Crippen LogP) is 1.34. The van der Waals surface area contributed by atoms with Gasteiger partial charge in [0, 0.05) is 25.7 Å². The van der Waals surface area contributed by atoms with Crippen LogP contribution in [0.2, 0.25) is 0 Å². The summed E-state index contributed by atoms with van der Waals surface area (Å²) in [6, 6.07) is 6.63. The molecule has 3 rings (SSSR count). The molecule has 0 radical (unpaired) electrons. The Morgan fingerprint density at radius 2 is 2.00 bits per heavy atom. The van der Waals surface area contributed by atoms with Crippen LogP contribution >= 0.6 is 11.3 Å². The highest BCUT2D eigenvalue weighted by Crippen LogP contribution is 2.31. The normalized spacial score (nSPS) is 16.8. The summed E-state index contributed by atoms with van der Waals surface area (Å²) in [6.45, 7) is 1.44. The quantitative estimate of drug-likeness (QED) is 0.732. The monoisotopic (exact) mass is 406 g/mol. The fraction of sp³-hybridized carbons (Fsp3) is 0.444. The summed E-state index contributed by atoms with van der Waals surface area (Å²) < 4.78 is 29.9. The first kappa shape index (κ1) is 20.0. The second kappa shape index (κ2) is 8.54. The molecule has 0 bridgehead atoms. The third-order valence-corrected chi connectivity index (χ3v) is 6.75. The van der Waals surface area contributed by atoms with E-state index in [1.54, 1.807) is 30.5 Å². The van der Waals surface area contributed by atoms with E-state index < -0.39 is 9.84 Å². The molecule has 144 valence electrons. The van der Waals surface area contributed by atoms with E-state index in [9.17, 15) is 13.2 Å². The van der Waals surface area contributed by atoms with Gasteiger partial charge in [-0.05, 0) is 47.7 Å². The van der Waals surface area contributed by atoms with Crippen LogP contribution < -0.4 is 10.1 Å². The van der Waals surface area contributed by atoms with Gasteiger partial charge in [0.1, 0.15) is 0 Å². The zero-order valence-electron chi connectivity index (χ0n) is 15.5. The van der Waals surface area contributed by atoms with Crippen LogP contribution in [0.25, 0.3) is 0 Å². The lowest BCUT2D eigenvalue weighted by molar-refractivity contribution is -0.118. The minimum Gasteiger partial charge on any atom is -0.381 e. The molecule has 1 unspecified atom stereocenters. The summed E-state index contributed by atoms with van der Waals surface area (Å²) in [4.78, 5) is 17.5. The van der Waals surface area contributed by atoms with E-state index in [-0.39, 0.29) is 16.7 Å². The maximum Gasteiger partial charge on any atom is 0.233 e. The largest absolute Gasteiger partial charge is 0.381 e. The Balaban J connectivity index is 1.82. The number of carbonyl (C=O) groups excluding carboxylic acids is 1. The Labute approximate surface area is 164 Å². The zero-order chi connectivity index (χ0) is 19.4. The summed E-state index contributed by atoms with van der Waals surface area (Å²) in [5.41, 5.74) is 0.819. The number of benzene rings is 1. The van der Waals surface area contributed by atoms with E-state index in [0.717, 1.165) is 36.4 Å². The van der Waals surface area contributed by atoms with Gasteiger partial charge in [-0.15, -0.1) is 11.3 Å². The van der Waals surface area contributed by atoms with E-state index in [1.807, 2.05) is 7.85 Å². The number of nitrogens with zero attached hydrogens (tertiary/aromatic N) is 1. The van der Waals surface area contributed by atoms with Crippen LogP contribution in [0.3, 0.4) is 0 Å². The van der Waals surface area contributed by atoms with Gasteiger partial charge in [0.25, 0.3) is 0 Å². The fourth-order valence-corrected chi connectivity index (χ4v) is 4.56. The molecular formula is C18H23BN2O4S2. The third kappa shape index (κ3) is 5.40. The van der Waals surface area contributed by atoms with E-state index >= 15 is 0 Å². The first-order valence-corrected chi connectivity index (χ1v) is 11.6. The lowest BCUT2D eigenvalue weighted by Gasteiger charge is -2.26. The predicted molar refractivity (Wildman–Crippen MR) is 109 cm³/mol. The molecule has 2 aromatic rings. The minimum atomic E-state index is -3.26. The lowest BCUT2D eigenvalue weighted by atomic mass is 9.84. The number of nitrogens with one attached hydrogen (secondary N) is 1. The van der Waals surface area contributed by atoms with Crippen LogP contribution in [-0.4, -0.2) is 46.6 Å². The Morgan fingerprint density at radius 1 is 1.33 bits per heavy atom. The molecule has 0 aliphatic carbocycles. The average molecular weight is 406 g/mol. The third-order valence-electron chi connectivity index (χ3n) is 4.79. The summed E-state index contributed by atoms with van der Waals surface area (Å²) in [7, 11) is -1.32. The minimum absolute atomic E-state index is 0.108. The molecule has 9 heteroatoms. The lowest BCUT2D eigenvalue weighted by Crippen LogP contribution is -2.26. The average Bonchev–Trinajstić information content (AvgIpc) is 3.04. The number of sulfone groups is 1. The van der Waals surface area contributed by atoms with Gasteiger partial charge in [0.2, 0.25) is 5.91 Å². The van der Waals surface area contributed by atoms with Crippen molar-refractivity contribution < 1.29 is 17.9 Å². The van der Waals surface area contributed by atoms with Crippen molar-refractivity contribution in [1.29, 1.82) is 0 Å². The van der Waals surface area contributed by atoms with Crippen LogP contribution in [-0.2, 0) is 19.4 Å². The summed E-state index contributed by atoms with van der Waals surface area (Å²) in [5.74, 6) is -0.0593. The Morgan fingerprint density at radius 3 is 2.56 bits per heavy atom. The first-order valence-electron chi connectivity index (χ1n) is 8.94. The van der Waals surface area contributed by atoms with Crippen molar-refractivity contribution in [3.05, 3.63) is 36.0 Å². The molecule has 0 spiro atoms. The molecule has 1 aromatic heterocycles. The highest BCUT2D eigenvalue weighted by atomic mass is 32.2. The summed E-state index contributed by atoms with van der Waals surface area (Å²) in [5, 5.41) is 3.50. The molecule has 2 heterocycles. The topological polar surface area (TPSA) is 85.4 Å². The number of rotatable bonds is 6. The summed E-state index contributed by atoms with van der Waals surface area (Å²) >= 11 is 1.44. The van der Waals surface area contributed by atoms with E-state index in [2.05, 4.69) is 10.3 Å². The number of aromatic nitrogens is 1. The van der Waals surface area contributed by atoms with Crippen molar-refractivity contribution in [3.8, 4) is 0 Å². The van der Waals surface area contributed by atoms with Crippen molar-refractivity contribution in [2.45, 2.75) is 30.1 Å². The summed E-state index contributed by atoms with van der Waals surface area (Å²) in [6.07, 6.45) is 5.48. The first-order chi connectivity index (χ1) is 12.8. The Hall–Kier alpha value is -1.71. The second-order valence-electron chi connectivity index (χ2n) is 6.95. The van der Waals surface area contributed by atoms with Gasteiger partial charge in [0.15, 0.2) is 22.8 Å². The van der Waals surface area contributed by atoms with Crippen molar-refractivity contribution in [1.82, 2.24) is 4.98 Å².